The maximum absolute atomic E-state index is 8.95. The van der Waals surface area contributed by atoms with Crippen molar-refractivity contribution in [3.63, 3.8) is 0 Å². The Labute approximate surface area is 101 Å². The lowest BCUT2D eigenvalue weighted by atomic mass is 10.1. The normalized spacial score (nSPS) is 12.1. The Kier molecular flexibility index (Phi) is 4.59. The summed E-state index contributed by atoms with van der Waals surface area (Å²) < 4.78 is 1.94. The van der Waals surface area contributed by atoms with Crippen molar-refractivity contribution in [1.29, 1.82) is 5.26 Å². The lowest BCUT2D eigenvalue weighted by molar-refractivity contribution is 0.657. The van der Waals surface area contributed by atoms with Crippen molar-refractivity contribution in [2.75, 3.05) is 6.54 Å². The van der Waals surface area contributed by atoms with Gasteiger partial charge in [-0.05, 0) is 30.3 Å². The second-order valence-corrected chi connectivity index (χ2v) is 4.65. The van der Waals surface area contributed by atoms with Crippen molar-refractivity contribution >= 4 is 31.9 Å². The molecule has 0 heterocycles. The molecule has 0 radical (unpaired) electrons. The maximum Gasteiger partial charge on any atom is 0.121 e. The predicted molar refractivity (Wildman–Crippen MR) is 63.9 cm³/mol. The van der Waals surface area contributed by atoms with Crippen molar-refractivity contribution in [3.05, 3.63) is 32.7 Å². The highest BCUT2D eigenvalue weighted by molar-refractivity contribution is 9.11. The molecule has 0 aliphatic carbocycles. The fourth-order valence-electron chi connectivity index (χ4n) is 1.18. The first-order chi connectivity index (χ1) is 6.67. The van der Waals surface area contributed by atoms with Crippen molar-refractivity contribution in [3.8, 4) is 6.07 Å². The second kappa shape index (κ2) is 5.50. The van der Waals surface area contributed by atoms with Crippen molar-refractivity contribution < 1.29 is 0 Å². The largest absolute Gasteiger partial charge is 0.298 e. The van der Waals surface area contributed by atoms with Gasteiger partial charge in [-0.1, -0.05) is 38.8 Å². The van der Waals surface area contributed by atoms with Gasteiger partial charge >= 0.3 is 0 Å². The van der Waals surface area contributed by atoms with E-state index in [1.807, 2.05) is 25.1 Å². The number of rotatable bonds is 3. The van der Waals surface area contributed by atoms with Crippen LogP contribution >= 0.6 is 31.9 Å². The highest BCUT2D eigenvalue weighted by Gasteiger charge is 2.09. The first kappa shape index (κ1) is 11.7. The zero-order valence-electron chi connectivity index (χ0n) is 7.72. The molecule has 0 saturated heterocycles. The molecule has 1 atom stereocenters. The minimum atomic E-state index is -0.242. The van der Waals surface area contributed by atoms with Crippen LogP contribution in [0.1, 0.15) is 18.5 Å². The van der Waals surface area contributed by atoms with Crippen LogP contribution in [0.5, 0.6) is 0 Å². The van der Waals surface area contributed by atoms with Gasteiger partial charge in [0.05, 0.1) is 6.07 Å². The van der Waals surface area contributed by atoms with E-state index in [1.165, 1.54) is 0 Å². The smallest absolute Gasteiger partial charge is 0.121 e. The molecule has 0 spiro atoms. The number of hydrogen-bond donors (Lipinski definition) is 1. The van der Waals surface area contributed by atoms with Crippen LogP contribution in [0.2, 0.25) is 0 Å². The fourth-order valence-corrected chi connectivity index (χ4v) is 2.51. The Balaban J connectivity index is 2.99. The summed E-state index contributed by atoms with van der Waals surface area (Å²) >= 11 is 6.79. The molecule has 0 aromatic heterocycles. The Bertz CT molecular complexity index is 337. The van der Waals surface area contributed by atoms with E-state index >= 15 is 0 Å². The summed E-state index contributed by atoms with van der Waals surface area (Å²) in [5.74, 6) is 0. The van der Waals surface area contributed by atoms with Gasteiger partial charge < -0.3 is 0 Å². The molecule has 1 unspecified atom stereocenters. The molecular weight excluding hydrogens is 308 g/mol. The van der Waals surface area contributed by atoms with Gasteiger partial charge in [0.15, 0.2) is 0 Å². The van der Waals surface area contributed by atoms with Crippen molar-refractivity contribution in [2.24, 2.45) is 0 Å². The molecule has 14 heavy (non-hydrogen) atoms. The molecule has 0 saturated carbocycles. The highest BCUT2D eigenvalue weighted by atomic mass is 79.9. The summed E-state index contributed by atoms with van der Waals surface area (Å²) in [5, 5.41) is 12.0. The molecule has 4 heteroatoms. The maximum atomic E-state index is 8.95. The Hall–Kier alpha value is -0.370. The molecule has 1 rings (SSSR count). The highest BCUT2D eigenvalue weighted by Crippen LogP contribution is 2.23. The fraction of sp³-hybridized carbons (Fsp3) is 0.300. The van der Waals surface area contributed by atoms with E-state index in [1.54, 1.807) is 0 Å². The predicted octanol–water partition coefficient (Wildman–Crippen LogP) is 3.39. The minimum absolute atomic E-state index is 0.242. The Morgan fingerprint density at radius 2 is 1.93 bits per heavy atom. The van der Waals surface area contributed by atoms with Crippen LogP contribution in [-0.4, -0.2) is 6.54 Å². The lowest BCUT2D eigenvalue weighted by Crippen LogP contribution is -2.19. The minimum Gasteiger partial charge on any atom is -0.298 e. The molecule has 1 aromatic rings. The number of nitriles is 1. The Morgan fingerprint density at radius 1 is 1.36 bits per heavy atom. The summed E-state index contributed by atoms with van der Waals surface area (Å²) in [5.41, 5.74) is 0.968. The van der Waals surface area contributed by atoms with E-state index < -0.39 is 0 Å². The van der Waals surface area contributed by atoms with E-state index in [-0.39, 0.29) is 6.04 Å². The molecule has 2 nitrogen and oxygen atoms in total. The first-order valence-electron chi connectivity index (χ1n) is 4.26. The molecule has 1 N–H and O–H groups in total. The summed E-state index contributed by atoms with van der Waals surface area (Å²) in [6.45, 7) is 2.76. The van der Waals surface area contributed by atoms with Gasteiger partial charge in [0.2, 0.25) is 0 Å². The topological polar surface area (TPSA) is 35.8 Å². The van der Waals surface area contributed by atoms with Crippen molar-refractivity contribution in [2.45, 2.75) is 13.0 Å². The van der Waals surface area contributed by atoms with Crippen LogP contribution in [0.4, 0.5) is 0 Å². The van der Waals surface area contributed by atoms with Crippen LogP contribution in [-0.2, 0) is 0 Å². The lowest BCUT2D eigenvalue weighted by Gasteiger charge is -2.10. The van der Waals surface area contributed by atoms with Crippen LogP contribution in [0.15, 0.2) is 27.1 Å². The number of nitrogens with zero attached hydrogens (tertiary/aromatic N) is 1. The molecule has 0 aliphatic rings. The van der Waals surface area contributed by atoms with Crippen LogP contribution in [0, 0.1) is 11.3 Å². The third kappa shape index (κ3) is 3.09. The van der Waals surface area contributed by atoms with Crippen LogP contribution < -0.4 is 5.32 Å². The number of benzene rings is 1. The van der Waals surface area contributed by atoms with E-state index in [9.17, 15) is 0 Å². The summed E-state index contributed by atoms with van der Waals surface area (Å²) in [6.07, 6.45) is 0. The SMILES string of the molecule is CCNC(C#N)c1cc(Br)cc(Br)c1. The number of halogens is 2. The van der Waals surface area contributed by atoms with Gasteiger partial charge in [-0.2, -0.15) is 5.26 Å². The van der Waals surface area contributed by atoms with Gasteiger partial charge in [-0.15, -0.1) is 0 Å². The van der Waals surface area contributed by atoms with Gasteiger partial charge in [-0.25, -0.2) is 0 Å². The standard InChI is InChI=1S/C10H10Br2N2/c1-2-14-10(6-13)7-3-8(11)5-9(12)4-7/h3-5,10,14H,2H2,1H3. The molecule has 0 bridgehead atoms. The molecule has 1 aromatic carbocycles. The zero-order valence-corrected chi connectivity index (χ0v) is 10.9. The van der Waals surface area contributed by atoms with E-state index in [2.05, 4.69) is 43.2 Å². The van der Waals surface area contributed by atoms with Gasteiger partial charge in [0, 0.05) is 8.95 Å². The monoisotopic (exact) mass is 316 g/mol. The molecule has 74 valence electrons. The quantitative estimate of drug-likeness (QED) is 0.927. The van der Waals surface area contributed by atoms with E-state index in [0.717, 1.165) is 21.1 Å². The summed E-state index contributed by atoms with van der Waals surface area (Å²) in [4.78, 5) is 0. The third-order valence-corrected chi connectivity index (χ3v) is 2.67. The third-order valence-electron chi connectivity index (χ3n) is 1.76. The van der Waals surface area contributed by atoms with Crippen molar-refractivity contribution in [1.82, 2.24) is 5.32 Å². The summed E-state index contributed by atoms with van der Waals surface area (Å²) in [7, 11) is 0. The average Bonchev–Trinajstić information content (AvgIpc) is 2.12. The average molecular weight is 318 g/mol. The van der Waals surface area contributed by atoms with Crippen LogP contribution in [0.3, 0.4) is 0 Å². The molecule has 0 aliphatic heterocycles. The molecule has 0 amide bonds. The first-order valence-corrected chi connectivity index (χ1v) is 5.85. The molecular formula is C10H10Br2N2. The van der Waals surface area contributed by atoms with Gasteiger partial charge in [0.1, 0.15) is 6.04 Å². The number of hydrogen-bond acceptors (Lipinski definition) is 2. The zero-order chi connectivity index (χ0) is 10.6. The van der Waals surface area contributed by atoms with Crippen LogP contribution in [0.25, 0.3) is 0 Å². The van der Waals surface area contributed by atoms with Gasteiger partial charge in [0.25, 0.3) is 0 Å². The Morgan fingerprint density at radius 3 is 2.36 bits per heavy atom. The summed E-state index contributed by atoms with van der Waals surface area (Å²) in [6, 6.07) is 7.82. The van der Waals surface area contributed by atoms with E-state index in [0.29, 0.717) is 0 Å². The van der Waals surface area contributed by atoms with Gasteiger partial charge in [-0.3, -0.25) is 5.32 Å². The molecule has 0 fully saturated rings. The second-order valence-electron chi connectivity index (χ2n) is 2.82. The van der Waals surface area contributed by atoms with E-state index in [4.69, 9.17) is 5.26 Å². The number of nitrogens with one attached hydrogen (secondary N) is 1.